The number of piperazine rings is 1. The maximum atomic E-state index is 13.9. The van der Waals surface area contributed by atoms with E-state index in [1.54, 1.807) is 6.07 Å². The number of carbonyl (C=O) groups excluding carboxylic acids is 1. The highest BCUT2D eigenvalue weighted by Crippen LogP contribution is 2.20. The SMILES string of the molecule is O=C(Cc1ccc(-c2ccccc2)cc1)NCCN1CCN(c2ccccc2F)CC1. The first-order valence-corrected chi connectivity index (χ1v) is 10.8. The van der Waals surface area contributed by atoms with Gasteiger partial charge in [-0.1, -0.05) is 66.7 Å². The molecule has 1 fully saturated rings. The summed E-state index contributed by atoms with van der Waals surface area (Å²) in [6.07, 6.45) is 0.385. The predicted molar refractivity (Wildman–Crippen MR) is 124 cm³/mol. The number of carbonyl (C=O) groups is 1. The zero-order valence-electron chi connectivity index (χ0n) is 17.6. The number of hydrogen-bond donors (Lipinski definition) is 1. The standard InChI is InChI=1S/C26H28FN3O/c27-24-8-4-5-9-25(24)30-18-16-29(17-19-30)15-14-28-26(31)20-21-10-12-23(13-11-21)22-6-2-1-3-7-22/h1-13H,14-20H2,(H,28,31). The minimum atomic E-state index is -0.167. The molecule has 0 bridgehead atoms. The quantitative estimate of drug-likeness (QED) is 0.632. The number of halogens is 1. The third-order valence-electron chi connectivity index (χ3n) is 5.74. The summed E-state index contributed by atoms with van der Waals surface area (Å²) in [6, 6.07) is 25.3. The van der Waals surface area contributed by atoms with Crippen LogP contribution in [-0.2, 0) is 11.2 Å². The lowest BCUT2D eigenvalue weighted by Crippen LogP contribution is -2.48. The minimum absolute atomic E-state index is 0.0393. The maximum absolute atomic E-state index is 13.9. The van der Waals surface area contributed by atoms with Gasteiger partial charge in [0.2, 0.25) is 5.91 Å². The number of rotatable bonds is 7. The van der Waals surface area contributed by atoms with Gasteiger partial charge >= 0.3 is 0 Å². The van der Waals surface area contributed by atoms with Gasteiger partial charge in [0.15, 0.2) is 0 Å². The van der Waals surface area contributed by atoms with Gasteiger partial charge in [0.1, 0.15) is 5.82 Å². The van der Waals surface area contributed by atoms with Crippen molar-refractivity contribution in [3.05, 3.63) is 90.2 Å². The largest absolute Gasteiger partial charge is 0.367 e. The van der Waals surface area contributed by atoms with Gasteiger partial charge in [-0.3, -0.25) is 9.69 Å². The molecule has 1 N–H and O–H groups in total. The van der Waals surface area contributed by atoms with Gasteiger partial charge in [0.05, 0.1) is 12.1 Å². The lowest BCUT2D eigenvalue weighted by molar-refractivity contribution is -0.120. The van der Waals surface area contributed by atoms with E-state index < -0.39 is 0 Å². The molecule has 3 aromatic carbocycles. The van der Waals surface area contributed by atoms with Crippen LogP contribution < -0.4 is 10.2 Å². The van der Waals surface area contributed by atoms with Crippen molar-refractivity contribution in [2.75, 3.05) is 44.2 Å². The van der Waals surface area contributed by atoms with E-state index >= 15 is 0 Å². The molecule has 4 rings (SSSR count). The number of anilines is 1. The van der Waals surface area contributed by atoms with Crippen molar-refractivity contribution in [1.82, 2.24) is 10.2 Å². The second-order valence-electron chi connectivity index (χ2n) is 7.87. The van der Waals surface area contributed by atoms with E-state index in [0.717, 1.165) is 43.9 Å². The van der Waals surface area contributed by atoms with Crippen LogP contribution in [0.5, 0.6) is 0 Å². The zero-order chi connectivity index (χ0) is 21.5. The molecule has 5 heteroatoms. The van der Waals surface area contributed by atoms with Crippen LogP contribution in [0.3, 0.4) is 0 Å². The molecule has 0 aromatic heterocycles. The van der Waals surface area contributed by atoms with Crippen LogP contribution in [0.15, 0.2) is 78.9 Å². The number of para-hydroxylation sites is 1. The summed E-state index contributed by atoms with van der Waals surface area (Å²) in [7, 11) is 0. The van der Waals surface area contributed by atoms with E-state index in [1.165, 1.54) is 11.6 Å². The Morgan fingerprint density at radius 2 is 1.45 bits per heavy atom. The number of benzene rings is 3. The molecule has 1 aliphatic heterocycles. The molecule has 0 spiro atoms. The van der Waals surface area contributed by atoms with Crippen LogP contribution in [-0.4, -0.2) is 50.1 Å². The molecule has 1 amide bonds. The number of nitrogens with one attached hydrogen (secondary N) is 1. The summed E-state index contributed by atoms with van der Waals surface area (Å²) >= 11 is 0. The highest BCUT2D eigenvalue weighted by molar-refractivity contribution is 5.78. The van der Waals surface area contributed by atoms with Gasteiger partial charge in [0, 0.05) is 39.3 Å². The van der Waals surface area contributed by atoms with Crippen LogP contribution >= 0.6 is 0 Å². The predicted octanol–water partition coefficient (Wildman–Crippen LogP) is 3.97. The van der Waals surface area contributed by atoms with E-state index in [2.05, 4.69) is 39.4 Å². The zero-order valence-corrected chi connectivity index (χ0v) is 17.6. The Labute approximate surface area is 183 Å². The van der Waals surface area contributed by atoms with Gasteiger partial charge in [-0.05, 0) is 28.8 Å². The monoisotopic (exact) mass is 417 g/mol. The van der Waals surface area contributed by atoms with Gasteiger partial charge in [-0.25, -0.2) is 4.39 Å². The number of nitrogens with zero attached hydrogens (tertiary/aromatic N) is 2. The molecule has 4 nitrogen and oxygen atoms in total. The molecule has 1 heterocycles. The molecule has 1 saturated heterocycles. The Hall–Kier alpha value is -3.18. The summed E-state index contributed by atoms with van der Waals surface area (Å²) in [5.41, 5.74) is 4.01. The van der Waals surface area contributed by atoms with Crippen LogP contribution in [0.2, 0.25) is 0 Å². The van der Waals surface area contributed by atoms with Gasteiger partial charge < -0.3 is 10.2 Å². The summed E-state index contributed by atoms with van der Waals surface area (Å²) in [5.74, 6) is -0.127. The molecule has 0 aliphatic carbocycles. The van der Waals surface area contributed by atoms with E-state index in [9.17, 15) is 9.18 Å². The topological polar surface area (TPSA) is 35.6 Å². The van der Waals surface area contributed by atoms with Crippen molar-refractivity contribution in [1.29, 1.82) is 0 Å². The summed E-state index contributed by atoms with van der Waals surface area (Å²) in [4.78, 5) is 16.7. The first kappa shape index (κ1) is 21.1. The molecule has 1 aliphatic rings. The van der Waals surface area contributed by atoms with Crippen molar-refractivity contribution in [3.8, 4) is 11.1 Å². The third kappa shape index (κ3) is 5.70. The third-order valence-corrected chi connectivity index (χ3v) is 5.74. The van der Waals surface area contributed by atoms with Crippen LogP contribution in [0.1, 0.15) is 5.56 Å². The highest BCUT2D eigenvalue weighted by atomic mass is 19.1. The molecule has 0 atom stereocenters. The van der Waals surface area contributed by atoms with E-state index in [1.807, 2.05) is 42.5 Å². The van der Waals surface area contributed by atoms with Crippen molar-refractivity contribution in [3.63, 3.8) is 0 Å². The molecule has 0 saturated carbocycles. The molecule has 160 valence electrons. The van der Waals surface area contributed by atoms with Crippen molar-refractivity contribution in [2.24, 2.45) is 0 Å². The lowest BCUT2D eigenvalue weighted by Gasteiger charge is -2.36. The highest BCUT2D eigenvalue weighted by Gasteiger charge is 2.19. The first-order chi connectivity index (χ1) is 15.2. The van der Waals surface area contributed by atoms with E-state index in [-0.39, 0.29) is 11.7 Å². The smallest absolute Gasteiger partial charge is 0.224 e. The number of amides is 1. The molecule has 3 aromatic rings. The van der Waals surface area contributed by atoms with Crippen molar-refractivity contribution in [2.45, 2.75) is 6.42 Å². The normalized spacial score (nSPS) is 14.4. The summed E-state index contributed by atoms with van der Waals surface area (Å²) in [6.45, 7) is 4.76. The van der Waals surface area contributed by atoms with Crippen LogP contribution in [0, 0.1) is 5.82 Å². The molecule has 0 unspecified atom stereocenters. The second-order valence-corrected chi connectivity index (χ2v) is 7.87. The molecular weight excluding hydrogens is 389 g/mol. The molecule has 31 heavy (non-hydrogen) atoms. The van der Waals surface area contributed by atoms with E-state index in [4.69, 9.17) is 0 Å². The summed E-state index contributed by atoms with van der Waals surface area (Å²) < 4.78 is 13.9. The maximum Gasteiger partial charge on any atom is 0.224 e. The fourth-order valence-corrected chi connectivity index (χ4v) is 3.97. The molecular formula is C26H28FN3O. The Morgan fingerprint density at radius 1 is 0.806 bits per heavy atom. The Kier molecular flexibility index (Phi) is 6.95. The summed E-state index contributed by atoms with van der Waals surface area (Å²) in [5, 5.41) is 3.02. The minimum Gasteiger partial charge on any atom is -0.367 e. The average Bonchev–Trinajstić information content (AvgIpc) is 2.81. The molecule has 0 radical (unpaired) electrons. The van der Waals surface area contributed by atoms with Gasteiger partial charge in [-0.15, -0.1) is 0 Å². The van der Waals surface area contributed by atoms with Gasteiger partial charge in [0.25, 0.3) is 0 Å². The van der Waals surface area contributed by atoms with E-state index in [0.29, 0.717) is 18.7 Å². The second kappa shape index (κ2) is 10.2. The first-order valence-electron chi connectivity index (χ1n) is 10.8. The Balaban J connectivity index is 1.18. The van der Waals surface area contributed by atoms with Crippen LogP contribution in [0.25, 0.3) is 11.1 Å². The number of hydrogen-bond acceptors (Lipinski definition) is 3. The Morgan fingerprint density at radius 3 is 2.16 bits per heavy atom. The Bertz CT molecular complexity index is 983. The lowest BCUT2D eigenvalue weighted by atomic mass is 10.0. The fraction of sp³-hybridized carbons (Fsp3) is 0.269. The van der Waals surface area contributed by atoms with Crippen molar-refractivity contribution < 1.29 is 9.18 Å². The fourth-order valence-electron chi connectivity index (χ4n) is 3.97. The average molecular weight is 418 g/mol. The van der Waals surface area contributed by atoms with Crippen molar-refractivity contribution >= 4 is 11.6 Å². The van der Waals surface area contributed by atoms with Crippen LogP contribution in [0.4, 0.5) is 10.1 Å². The van der Waals surface area contributed by atoms with Gasteiger partial charge in [-0.2, -0.15) is 0 Å².